The molecule has 1 aromatic rings. The number of halogens is 1. The largest absolute Gasteiger partial charge is 0.394 e. The van der Waals surface area contributed by atoms with Gasteiger partial charge >= 0.3 is 0 Å². The fourth-order valence-electron chi connectivity index (χ4n) is 1.77. The minimum atomic E-state index is -0.214. The van der Waals surface area contributed by atoms with Gasteiger partial charge in [0.1, 0.15) is 5.15 Å². The van der Waals surface area contributed by atoms with E-state index in [-0.39, 0.29) is 18.4 Å². The summed E-state index contributed by atoms with van der Waals surface area (Å²) < 4.78 is 6.63. The highest BCUT2D eigenvalue weighted by Gasteiger charge is 2.22. The Morgan fingerprint density at radius 1 is 1.50 bits per heavy atom. The molecule has 0 spiro atoms. The molecular weight excluding hydrogens is 282 g/mol. The summed E-state index contributed by atoms with van der Waals surface area (Å²) in [7, 11) is 1.72. The van der Waals surface area contributed by atoms with Crippen LogP contribution in [-0.4, -0.2) is 47.2 Å². The van der Waals surface area contributed by atoms with E-state index in [1.54, 1.807) is 7.05 Å². The normalized spacial score (nSPS) is 11.1. The lowest BCUT2D eigenvalue weighted by molar-refractivity contribution is 0.0867. The first-order chi connectivity index (χ1) is 9.49. The molecular formula is C13H22ClN3O3. The maximum Gasteiger partial charge on any atom is 0.256 e. The molecule has 2 N–H and O–H groups in total. The van der Waals surface area contributed by atoms with E-state index in [0.29, 0.717) is 42.6 Å². The van der Waals surface area contributed by atoms with Crippen LogP contribution >= 0.6 is 11.6 Å². The molecule has 6 nitrogen and oxygen atoms in total. The van der Waals surface area contributed by atoms with Crippen molar-refractivity contribution in [2.75, 3.05) is 26.4 Å². The van der Waals surface area contributed by atoms with Gasteiger partial charge in [-0.2, -0.15) is 5.10 Å². The molecule has 0 saturated carbocycles. The van der Waals surface area contributed by atoms with Crippen LogP contribution < -0.4 is 5.32 Å². The van der Waals surface area contributed by atoms with Gasteiger partial charge in [-0.15, -0.1) is 0 Å². The second kappa shape index (κ2) is 8.24. The summed E-state index contributed by atoms with van der Waals surface area (Å²) in [5.41, 5.74) is 1.15. The van der Waals surface area contributed by atoms with Gasteiger partial charge in [-0.3, -0.25) is 9.48 Å². The summed E-state index contributed by atoms with van der Waals surface area (Å²) in [6.07, 6.45) is 0.681. The third-order valence-corrected chi connectivity index (χ3v) is 3.20. The molecule has 7 heteroatoms. The number of carbonyl (C=O) groups excluding carboxylic acids is 1. The van der Waals surface area contributed by atoms with Crippen molar-refractivity contribution >= 4 is 17.5 Å². The van der Waals surface area contributed by atoms with Crippen LogP contribution in [-0.2, 0) is 11.8 Å². The maximum absolute atomic E-state index is 12.2. The average Bonchev–Trinajstić information content (AvgIpc) is 2.70. The van der Waals surface area contributed by atoms with Gasteiger partial charge in [-0.05, 0) is 12.3 Å². The minimum absolute atomic E-state index is 0.00933. The van der Waals surface area contributed by atoms with Gasteiger partial charge in [0.2, 0.25) is 0 Å². The number of rotatable bonds is 8. The first-order valence-corrected chi connectivity index (χ1v) is 7.06. The monoisotopic (exact) mass is 303 g/mol. The predicted octanol–water partition coefficient (Wildman–Crippen LogP) is 1.33. The van der Waals surface area contributed by atoms with Crippen molar-refractivity contribution < 1.29 is 14.6 Å². The fraction of sp³-hybridized carbons (Fsp3) is 0.692. The summed E-state index contributed by atoms with van der Waals surface area (Å²) in [4.78, 5) is 12.2. The third kappa shape index (κ3) is 4.47. The van der Waals surface area contributed by atoms with E-state index in [1.165, 1.54) is 4.68 Å². The van der Waals surface area contributed by atoms with E-state index in [2.05, 4.69) is 10.4 Å². The number of carbonyl (C=O) groups is 1. The molecule has 0 aliphatic heterocycles. The quantitative estimate of drug-likeness (QED) is 0.710. The van der Waals surface area contributed by atoms with Crippen LogP contribution in [0.4, 0.5) is 0 Å². The number of nitrogens with zero attached hydrogens (tertiary/aromatic N) is 2. The highest BCUT2D eigenvalue weighted by atomic mass is 35.5. The lowest BCUT2D eigenvalue weighted by atomic mass is 10.1. The van der Waals surface area contributed by atoms with Crippen LogP contribution in [0.5, 0.6) is 0 Å². The Morgan fingerprint density at radius 3 is 2.80 bits per heavy atom. The van der Waals surface area contributed by atoms with E-state index in [9.17, 15) is 4.79 Å². The van der Waals surface area contributed by atoms with Crippen LogP contribution in [0.3, 0.4) is 0 Å². The van der Waals surface area contributed by atoms with Gasteiger partial charge in [-0.25, -0.2) is 0 Å². The molecule has 0 saturated heterocycles. The molecule has 1 aromatic heterocycles. The third-order valence-electron chi connectivity index (χ3n) is 2.76. The molecule has 0 radical (unpaired) electrons. The Morgan fingerprint density at radius 2 is 2.20 bits per heavy atom. The zero-order chi connectivity index (χ0) is 15.1. The number of aliphatic hydroxyl groups is 1. The molecule has 20 heavy (non-hydrogen) atoms. The highest BCUT2D eigenvalue weighted by Crippen LogP contribution is 2.24. The van der Waals surface area contributed by atoms with Crippen molar-refractivity contribution in [1.82, 2.24) is 15.1 Å². The van der Waals surface area contributed by atoms with Gasteiger partial charge in [0.15, 0.2) is 0 Å². The van der Waals surface area contributed by atoms with Gasteiger partial charge in [0.05, 0.1) is 24.5 Å². The van der Waals surface area contributed by atoms with E-state index in [4.69, 9.17) is 21.4 Å². The molecule has 0 aliphatic carbocycles. The maximum atomic E-state index is 12.2. The summed E-state index contributed by atoms with van der Waals surface area (Å²) in [5.74, 6) is -0.0868. The number of aliphatic hydroxyl groups excluding tert-OH is 1. The molecule has 1 rings (SSSR count). The Hall–Kier alpha value is -1.11. The number of amides is 1. The van der Waals surface area contributed by atoms with E-state index >= 15 is 0 Å². The van der Waals surface area contributed by atoms with Crippen molar-refractivity contribution in [3.05, 3.63) is 16.4 Å². The van der Waals surface area contributed by atoms with Crippen LogP contribution in [0.15, 0.2) is 0 Å². The lowest BCUT2D eigenvalue weighted by Crippen LogP contribution is -2.26. The van der Waals surface area contributed by atoms with E-state index in [0.717, 1.165) is 0 Å². The second-order valence-corrected chi connectivity index (χ2v) is 5.13. The molecule has 0 fully saturated rings. The van der Waals surface area contributed by atoms with Gasteiger partial charge in [0.25, 0.3) is 5.91 Å². The summed E-state index contributed by atoms with van der Waals surface area (Å²) >= 11 is 6.12. The van der Waals surface area contributed by atoms with Gasteiger partial charge < -0.3 is 15.2 Å². The number of hydrogen-bond donors (Lipinski definition) is 2. The van der Waals surface area contributed by atoms with E-state index < -0.39 is 0 Å². The van der Waals surface area contributed by atoms with Gasteiger partial charge in [-0.1, -0.05) is 25.4 Å². The molecule has 0 aliphatic rings. The van der Waals surface area contributed by atoms with Crippen LogP contribution in [0.1, 0.15) is 42.2 Å². The molecule has 0 atom stereocenters. The standard InChI is InChI=1S/C13H22ClN3O3/c1-9(2)11-10(12(14)17(3)16-11)13(19)15-5-4-7-20-8-6-18/h9,18H,4-8H2,1-3H3,(H,15,19). The molecule has 1 heterocycles. The van der Waals surface area contributed by atoms with Crippen molar-refractivity contribution in [3.63, 3.8) is 0 Å². The number of hydrogen-bond acceptors (Lipinski definition) is 4. The van der Waals surface area contributed by atoms with Crippen molar-refractivity contribution in [2.24, 2.45) is 7.05 Å². The lowest BCUT2D eigenvalue weighted by Gasteiger charge is -2.07. The van der Waals surface area contributed by atoms with Crippen LogP contribution in [0.25, 0.3) is 0 Å². The van der Waals surface area contributed by atoms with Gasteiger partial charge in [0, 0.05) is 20.2 Å². The molecule has 114 valence electrons. The fourth-order valence-corrected chi connectivity index (χ4v) is 1.99. The topological polar surface area (TPSA) is 76.4 Å². The first kappa shape index (κ1) is 16.9. The van der Waals surface area contributed by atoms with E-state index in [1.807, 2.05) is 13.8 Å². The predicted molar refractivity (Wildman–Crippen MR) is 77.2 cm³/mol. The summed E-state index contributed by atoms with van der Waals surface area (Å²) in [6.45, 7) is 5.26. The van der Waals surface area contributed by atoms with Crippen molar-refractivity contribution in [3.8, 4) is 0 Å². The first-order valence-electron chi connectivity index (χ1n) is 6.68. The number of nitrogens with one attached hydrogen (secondary N) is 1. The smallest absolute Gasteiger partial charge is 0.256 e. The Kier molecular flexibility index (Phi) is 6.98. The number of aromatic nitrogens is 2. The summed E-state index contributed by atoms with van der Waals surface area (Å²) in [5, 5.41) is 16.0. The summed E-state index contributed by atoms with van der Waals surface area (Å²) in [6, 6.07) is 0. The Bertz CT molecular complexity index is 446. The SMILES string of the molecule is CC(C)c1nn(C)c(Cl)c1C(=O)NCCCOCCO. The van der Waals surface area contributed by atoms with Crippen LogP contribution in [0.2, 0.25) is 5.15 Å². The zero-order valence-electron chi connectivity index (χ0n) is 12.1. The molecule has 1 amide bonds. The Labute approximate surface area is 124 Å². The van der Waals surface area contributed by atoms with Crippen molar-refractivity contribution in [1.29, 1.82) is 0 Å². The second-order valence-electron chi connectivity index (χ2n) is 4.77. The molecule has 0 bridgehead atoms. The van der Waals surface area contributed by atoms with Crippen molar-refractivity contribution in [2.45, 2.75) is 26.2 Å². The number of ether oxygens (including phenoxy) is 1. The van der Waals surface area contributed by atoms with Crippen LogP contribution in [0, 0.1) is 0 Å². The average molecular weight is 304 g/mol. The Balaban J connectivity index is 2.55. The highest BCUT2D eigenvalue weighted by molar-refractivity contribution is 6.33. The zero-order valence-corrected chi connectivity index (χ0v) is 12.9. The number of aryl methyl sites for hydroxylation is 1. The molecule has 0 aromatic carbocycles. The minimum Gasteiger partial charge on any atom is -0.394 e. The molecule has 0 unspecified atom stereocenters.